The van der Waals surface area contributed by atoms with E-state index in [9.17, 15) is 0 Å². The number of hydrogen-bond acceptors (Lipinski definition) is 2. The van der Waals surface area contributed by atoms with Crippen molar-refractivity contribution in [3.05, 3.63) is 28.8 Å². The number of anilines is 1. The predicted molar refractivity (Wildman–Crippen MR) is 84.1 cm³/mol. The minimum absolute atomic E-state index is 0.117. The lowest BCUT2D eigenvalue weighted by Gasteiger charge is -2.24. The smallest absolute Gasteiger partial charge is 0.0471 e. The molecular weight excluding hydrogens is 256 g/mol. The highest BCUT2D eigenvalue weighted by molar-refractivity contribution is 6.31. The minimum atomic E-state index is 0.117. The number of hydrogen-bond donors (Lipinski definition) is 1. The predicted octanol–water partition coefficient (Wildman–Crippen LogP) is 4.22. The first-order valence-electron chi connectivity index (χ1n) is 7.21. The summed E-state index contributed by atoms with van der Waals surface area (Å²) in [7, 11) is 0. The zero-order valence-electron chi connectivity index (χ0n) is 12.5. The van der Waals surface area contributed by atoms with E-state index in [-0.39, 0.29) is 5.54 Å². The summed E-state index contributed by atoms with van der Waals surface area (Å²) in [6.07, 6.45) is 2.64. The van der Waals surface area contributed by atoms with Crippen LogP contribution in [0.3, 0.4) is 0 Å². The van der Waals surface area contributed by atoms with Gasteiger partial charge in [0.25, 0.3) is 0 Å². The van der Waals surface area contributed by atoms with Crippen molar-refractivity contribution in [1.82, 2.24) is 5.32 Å². The SMILES string of the molecule is CCN(c1ccc(CNC(C)(C)C)c(Cl)c1)C1CC1. The molecule has 0 bridgehead atoms. The molecule has 3 heteroatoms. The maximum absolute atomic E-state index is 6.42. The van der Waals surface area contributed by atoms with Gasteiger partial charge in [0.05, 0.1) is 0 Å². The van der Waals surface area contributed by atoms with E-state index in [2.05, 4.69) is 56.1 Å². The maximum Gasteiger partial charge on any atom is 0.0471 e. The van der Waals surface area contributed by atoms with E-state index in [0.29, 0.717) is 0 Å². The third-order valence-corrected chi connectivity index (χ3v) is 3.86. The number of nitrogens with zero attached hydrogens (tertiary/aromatic N) is 1. The molecule has 0 heterocycles. The topological polar surface area (TPSA) is 15.3 Å². The van der Waals surface area contributed by atoms with E-state index in [4.69, 9.17) is 11.6 Å². The molecule has 0 aromatic heterocycles. The molecule has 0 unspecified atom stereocenters. The molecule has 1 aliphatic carbocycles. The average Bonchev–Trinajstić information content (AvgIpc) is 3.12. The van der Waals surface area contributed by atoms with Crippen LogP contribution in [-0.2, 0) is 6.54 Å². The van der Waals surface area contributed by atoms with E-state index in [1.807, 2.05) is 0 Å². The van der Waals surface area contributed by atoms with Gasteiger partial charge >= 0.3 is 0 Å². The molecule has 1 aromatic carbocycles. The van der Waals surface area contributed by atoms with Crippen molar-refractivity contribution >= 4 is 17.3 Å². The molecule has 0 atom stereocenters. The van der Waals surface area contributed by atoms with Crippen LogP contribution in [-0.4, -0.2) is 18.1 Å². The van der Waals surface area contributed by atoms with Gasteiger partial charge in [0, 0.05) is 35.4 Å². The Hall–Kier alpha value is -0.730. The number of benzene rings is 1. The summed E-state index contributed by atoms with van der Waals surface area (Å²) in [4.78, 5) is 2.45. The molecule has 1 fully saturated rings. The van der Waals surface area contributed by atoms with Crippen LogP contribution in [0.25, 0.3) is 0 Å². The van der Waals surface area contributed by atoms with Gasteiger partial charge in [-0.05, 0) is 58.2 Å². The number of nitrogens with one attached hydrogen (secondary N) is 1. The third kappa shape index (κ3) is 4.12. The fourth-order valence-corrected chi connectivity index (χ4v) is 2.50. The third-order valence-electron chi connectivity index (χ3n) is 3.51. The highest BCUT2D eigenvalue weighted by atomic mass is 35.5. The molecule has 1 saturated carbocycles. The molecule has 2 rings (SSSR count). The van der Waals surface area contributed by atoms with Gasteiger partial charge in [0.2, 0.25) is 0 Å². The lowest BCUT2D eigenvalue weighted by molar-refractivity contribution is 0.424. The van der Waals surface area contributed by atoms with Gasteiger partial charge in [0.15, 0.2) is 0 Å². The summed E-state index contributed by atoms with van der Waals surface area (Å²) in [6.45, 7) is 10.6. The summed E-state index contributed by atoms with van der Waals surface area (Å²) in [6, 6.07) is 7.21. The highest BCUT2D eigenvalue weighted by Gasteiger charge is 2.28. The lowest BCUT2D eigenvalue weighted by atomic mass is 10.1. The van der Waals surface area contributed by atoms with Crippen molar-refractivity contribution in [2.75, 3.05) is 11.4 Å². The lowest BCUT2D eigenvalue weighted by Crippen LogP contribution is -2.35. The second-order valence-corrected chi connectivity index (χ2v) is 6.80. The van der Waals surface area contributed by atoms with E-state index in [1.165, 1.54) is 24.1 Å². The number of rotatable bonds is 5. The van der Waals surface area contributed by atoms with Crippen molar-refractivity contribution in [1.29, 1.82) is 0 Å². The molecule has 1 N–H and O–H groups in total. The Morgan fingerprint density at radius 2 is 2.00 bits per heavy atom. The van der Waals surface area contributed by atoms with Gasteiger partial charge in [-0.3, -0.25) is 0 Å². The molecule has 106 valence electrons. The van der Waals surface area contributed by atoms with Crippen molar-refractivity contribution in [3.63, 3.8) is 0 Å². The molecule has 0 amide bonds. The van der Waals surface area contributed by atoms with E-state index in [0.717, 1.165) is 24.2 Å². The van der Waals surface area contributed by atoms with Crippen molar-refractivity contribution in [2.45, 2.75) is 58.7 Å². The van der Waals surface area contributed by atoms with Crippen LogP contribution < -0.4 is 10.2 Å². The fourth-order valence-electron chi connectivity index (χ4n) is 2.26. The van der Waals surface area contributed by atoms with Crippen molar-refractivity contribution in [3.8, 4) is 0 Å². The van der Waals surface area contributed by atoms with E-state index in [1.54, 1.807) is 0 Å². The van der Waals surface area contributed by atoms with Gasteiger partial charge in [-0.15, -0.1) is 0 Å². The second-order valence-electron chi connectivity index (χ2n) is 6.40. The Kier molecular flexibility index (Phi) is 4.42. The van der Waals surface area contributed by atoms with Gasteiger partial charge < -0.3 is 10.2 Å². The summed E-state index contributed by atoms with van der Waals surface area (Å²) >= 11 is 6.42. The van der Waals surface area contributed by atoms with Crippen molar-refractivity contribution < 1.29 is 0 Å². The van der Waals surface area contributed by atoms with E-state index < -0.39 is 0 Å². The van der Waals surface area contributed by atoms with Gasteiger partial charge in [-0.1, -0.05) is 17.7 Å². The van der Waals surface area contributed by atoms with Crippen LogP contribution >= 0.6 is 11.6 Å². The Morgan fingerprint density at radius 1 is 1.32 bits per heavy atom. The van der Waals surface area contributed by atoms with E-state index >= 15 is 0 Å². The Labute approximate surface area is 122 Å². The first-order chi connectivity index (χ1) is 8.90. The summed E-state index contributed by atoms with van der Waals surface area (Å²) in [5.74, 6) is 0. The molecule has 19 heavy (non-hydrogen) atoms. The van der Waals surface area contributed by atoms with Gasteiger partial charge in [-0.2, -0.15) is 0 Å². The van der Waals surface area contributed by atoms with Crippen LogP contribution in [0.4, 0.5) is 5.69 Å². The van der Waals surface area contributed by atoms with Crippen LogP contribution in [0, 0.1) is 0 Å². The fraction of sp³-hybridized carbons (Fsp3) is 0.625. The summed E-state index contributed by atoms with van der Waals surface area (Å²) in [5.41, 5.74) is 2.55. The maximum atomic E-state index is 6.42. The van der Waals surface area contributed by atoms with Crippen LogP contribution in [0.2, 0.25) is 5.02 Å². The van der Waals surface area contributed by atoms with Gasteiger partial charge in [0.1, 0.15) is 0 Å². The van der Waals surface area contributed by atoms with Crippen LogP contribution in [0.5, 0.6) is 0 Å². The van der Waals surface area contributed by atoms with Crippen molar-refractivity contribution in [2.24, 2.45) is 0 Å². The van der Waals surface area contributed by atoms with Gasteiger partial charge in [-0.25, -0.2) is 0 Å². The molecule has 0 saturated heterocycles. The summed E-state index contributed by atoms with van der Waals surface area (Å²) < 4.78 is 0. The minimum Gasteiger partial charge on any atom is -0.369 e. The molecule has 2 nitrogen and oxygen atoms in total. The van der Waals surface area contributed by atoms with Crippen LogP contribution in [0.15, 0.2) is 18.2 Å². The molecule has 1 aromatic rings. The molecular formula is C16H25ClN2. The standard InChI is InChI=1S/C16H25ClN2/c1-5-19(13-8-9-13)14-7-6-12(15(17)10-14)11-18-16(2,3)4/h6-7,10,13,18H,5,8-9,11H2,1-4H3. The Balaban J connectivity index is 2.08. The highest BCUT2D eigenvalue weighted by Crippen LogP contribution is 2.33. The molecule has 0 aliphatic heterocycles. The molecule has 0 spiro atoms. The molecule has 0 radical (unpaired) electrons. The normalized spacial score (nSPS) is 15.6. The Bertz CT molecular complexity index is 433. The monoisotopic (exact) mass is 280 g/mol. The zero-order chi connectivity index (χ0) is 14.0. The first-order valence-corrected chi connectivity index (χ1v) is 7.58. The van der Waals surface area contributed by atoms with Crippen LogP contribution in [0.1, 0.15) is 46.1 Å². The largest absolute Gasteiger partial charge is 0.369 e. The quantitative estimate of drug-likeness (QED) is 0.869. The zero-order valence-corrected chi connectivity index (χ0v) is 13.2. The number of halogens is 1. The molecule has 1 aliphatic rings. The summed E-state index contributed by atoms with van der Waals surface area (Å²) in [5, 5.41) is 4.35. The Morgan fingerprint density at radius 3 is 2.47 bits per heavy atom. The average molecular weight is 281 g/mol. The first kappa shape index (κ1) is 14.7. The second kappa shape index (κ2) is 5.72.